The minimum atomic E-state index is -0.429. The summed E-state index contributed by atoms with van der Waals surface area (Å²) in [5.41, 5.74) is 5.14. The van der Waals surface area contributed by atoms with Crippen LogP contribution in [0.3, 0.4) is 0 Å². The van der Waals surface area contributed by atoms with Gasteiger partial charge in [0.2, 0.25) is 0 Å². The number of aliphatic imine (C=N–C) groups is 1. The molecule has 31 heavy (non-hydrogen) atoms. The number of benzene rings is 1. The van der Waals surface area contributed by atoms with Crippen LogP contribution in [0.4, 0.5) is 0 Å². The fourth-order valence-corrected chi connectivity index (χ4v) is 5.04. The van der Waals surface area contributed by atoms with Crippen LogP contribution in [0.15, 0.2) is 29.3 Å². The molecule has 0 saturated heterocycles. The summed E-state index contributed by atoms with van der Waals surface area (Å²) in [6.07, 6.45) is 0.331. The highest BCUT2D eigenvalue weighted by Gasteiger charge is 2.32. The van der Waals surface area contributed by atoms with E-state index < -0.39 is 5.60 Å². The Morgan fingerprint density at radius 3 is 2.42 bits per heavy atom. The van der Waals surface area contributed by atoms with E-state index in [1.54, 1.807) is 11.3 Å². The molecular formula is C24H29N5OS. The molecule has 6 nitrogen and oxygen atoms in total. The quantitative estimate of drug-likeness (QED) is 0.427. The first-order valence-electron chi connectivity index (χ1n) is 10.5. The monoisotopic (exact) mass is 435 g/mol. The highest BCUT2D eigenvalue weighted by molar-refractivity contribution is 7.15. The largest absolute Gasteiger partial charge is 0.475 e. The minimum Gasteiger partial charge on any atom is -0.475 e. The highest BCUT2D eigenvalue weighted by Crippen LogP contribution is 2.39. The topological polar surface area (TPSA) is 76.2 Å². The summed E-state index contributed by atoms with van der Waals surface area (Å²) in [7, 11) is 0. The Morgan fingerprint density at radius 1 is 1.10 bits per heavy atom. The number of ether oxygens (including phenoxy) is 1. The molecule has 0 fully saturated rings. The maximum absolute atomic E-state index is 8.45. The SMILES string of the molecule is Cc1ccc(C2=NC(CC(=N)OC(C)(C)C)c3nnc(C)n3-c3sc(C)c(C)c32)cc1. The van der Waals surface area contributed by atoms with Gasteiger partial charge in [-0.3, -0.25) is 15.0 Å². The van der Waals surface area contributed by atoms with Gasteiger partial charge in [-0.05, 0) is 54.0 Å². The molecule has 0 bridgehead atoms. The second kappa shape index (κ2) is 7.71. The van der Waals surface area contributed by atoms with Crippen molar-refractivity contribution in [1.29, 1.82) is 5.41 Å². The third-order valence-electron chi connectivity index (χ3n) is 5.37. The predicted molar refractivity (Wildman–Crippen MR) is 126 cm³/mol. The summed E-state index contributed by atoms with van der Waals surface area (Å²) in [6.45, 7) is 14.2. The van der Waals surface area contributed by atoms with Crippen molar-refractivity contribution in [3.63, 3.8) is 0 Å². The Kier molecular flexibility index (Phi) is 5.33. The maximum atomic E-state index is 8.45. The van der Waals surface area contributed by atoms with Crippen molar-refractivity contribution >= 4 is 22.9 Å². The number of hydrogen-bond donors (Lipinski definition) is 1. The smallest absolute Gasteiger partial charge is 0.183 e. The Bertz CT molecular complexity index is 1180. The van der Waals surface area contributed by atoms with E-state index in [1.807, 2.05) is 27.7 Å². The molecule has 1 unspecified atom stereocenters. The lowest BCUT2D eigenvalue weighted by atomic mass is 9.99. The molecule has 0 aliphatic carbocycles. The number of aryl methyl sites for hydroxylation is 3. The number of hydrogen-bond acceptors (Lipinski definition) is 6. The molecule has 1 aliphatic heterocycles. The Morgan fingerprint density at radius 2 is 1.77 bits per heavy atom. The average molecular weight is 436 g/mol. The van der Waals surface area contributed by atoms with Crippen molar-refractivity contribution in [1.82, 2.24) is 14.8 Å². The molecule has 1 aliphatic rings. The zero-order chi connectivity index (χ0) is 22.5. The fourth-order valence-electron chi connectivity index (χ4n) is 3.82. The van der Waals surface area contributed by atoms with Crippen molar-refractivity contribution in [2.45, 2.75) is 66.5 Å². The molecule has 0 amide bonds. The lowest BCUT2D eigenvalue weighted by Gasteiger charge is -2.23. The van der Waals surface area contributed by atoms with Crippen LogP contribution in [0.1, 0.15) is 72.0 Å². The van der Waals surface area contributed by atoms with E-state index in [0.29, 0.717) is 6.42 Å². The number of thiophene rings is 1. The van der Waals surface area contributed by atoms with Gasteiger partial charge in [-0.25, -0.2) is 0 Å². The third-order valence-corrected chi connectivity index (χ3v) is 6.57. The van der Waals surface area contributed by atoms with Gasteiger partial charge in [0, 0.05) is 16.0 Å². The first-order valence-corrected chi connectivity index (χ1v) is 11.3. The fraction of sp³-hybridized carbons (Fsp3) is 0.417. The van der Waals surface area contributed by atoms with Crippen LogP contribution in [0, 0.1) is 33.1 Å². The highest BCUT2D eigenvalue weighted by atomic mass is 32.1. The number of fused-ring (bicyclic) bond motifs is 3. The Hall–Kier alpha value is -2.80. The standard InChI is InChI=1S/C24H29N5OS/c1-13-8-10-17(11-9-13)21-20-14(2)15(3)31-23(20)29-16(4)27-28-22(29)18(26-21)12-19(25)30-24(5,6)7/h8-11,18,25H,12H2,1-7H3. The summed E-state index contributed by atoms with van der Waals surface area (Å²) in [6, 6.07) is 8.12. The molecule has 0 radical (unpaired) electrons. The van der Waals surface area contributed by atoms with Gasteiger partial charge < -0.3 is 4.74 Å². The van der Waals surface area contributed by atoms with E-state index >= 15 is 0 Å². The minimum absolute atomic E-state index is 0.204. The zero-order valence-corrected chi connectivity index (χ0v) is 20.0. The summed E-state index contributed by atoms with van der Waals surface area (Å²) in [5, 5.41) is 18.4. The van der Waals surface area contributed by atoms with Crippen LogP contribution in [-0.4, -0.2) is 32.0 Å². The lowest BCUT2D eigenvalue weighted by molar-refractivity contribution is 0.109. The molecule has 2 aromatic heterocycles. The molecule has 162 valence electrons. The van der Waals surface area contributed by atoms with Crippen molar-refractivity contribution in [3.8, 4) is 5.00 Å². The lowest BCUT2D eigenvalue weighted by Crippen LogP contribution is -2.24. The summed E-state index contributed by atoms with van der Waals surface area (Å²) < 4.78 is 7.93. The third kappa shape index (κ3) is 4.06. The normalized spacial score (nSPS) is 15.7. The van der Waals surface area contributed by atoms with E-state index in [1.165, 1.54) is 16.0 Å². The molecule has 0 spiro atoms. The van der Waals surface area contributed by atoms with Gasteiger partial charge in [0.1, 0.15) is 22.5 Å². The van der Waals surface area contributed by atoms with Gasteiger partial charge in [0.05, 0.1) is 12.1 Å². The van der Waals surface area contributed by atoms with Crippen molar-refractivity contribution in [3.05, 3.63) is 63.0 Å². The van der Waals surface area contributed by atoms with Gasteiger partial charge in [0.25, 0.3) is 0 Å². The number of nitrogens with zero attached hydrogens (tertiary/aromatic N) is 4. The average Bonchev–Trinajstić information content (AvgIpc) is 3.14. The zero-order valence-electron chi connectivity index (χ0n) is 19.2. The van der Waals surface area contributed by atoms with Gasteiger partial charge in [-0.15, -0.1) is 21.5 Å². The van der Waals surface area contributed by atoms with Crippen LogP contribution in [0.2, 0.25) is 0 Å². The van der Waals surface area contributed by atoms with E-state index in [-0.39, 0.29) is 11.9 Å². The molecule has 1 N–H and O–H groups in total. The van der Waals surface area contributed by atoms with Gasteiger partial charge in [-0.1, -0.05) is 29.8 Å². The molecule has 1 atom stereocenters. The Labute approximate surface area is 187 Å². The van der Waals surface area contributed by atoms with Crippen molar-refractivity contribution < 1.29 is 4.74 Å². The number of rotatable bonds is 3. The van der Waals surface area contributed by atoms with Crippen LogP contribution in [0.5, 0.6) is 0 Å². The molecule has 3 aromatic rings. The molecule has 4 rings (SSSR count). The maximum Gasteiger partial charge on any atom is 0.183 e. The van der Waals surface area contributed by atoms with Crippen molar-refractivity contribution in [2.75, 3.05) is 0 Å². The summed E-state index contributed by atoms with van der Waals surface area (Å²) >= 11 is 1.74. The molecule has 3 heterocycles. The van der Waals surface area contributed by atoms with Crippen molar-refractivity contribution in [2.24, 2.45) is 4.99 Å². The van der Waals surface area contributed by atoms with Crippen LogP contribution in [-0.2, 0) is 4.74 Å². The van der Waals surface area contributed by atoms with E-state index in [0.717, 1.165) is 33.5 Å². The second-order valence-corrected chi connectivity index (χ2v) is 10.3. The second-order valence-electron chi connectivity index (χ2n) is 9.11. The summed E-state index contributed by atoms with van der Waals surface area (Å²) in [4.78, 5) is 6.45. The van der Waals surface area contributed by atoms with Gasteiger partial charge >= 0.3 is 0 Å². The number of nitrogens with one attached hydrogen (secondary N) is 1. The first-order chi connectivity index (χ1) is 14.5. The molecule has 1 aromatic carbocycles. The number of aromatic nitrogens is 3. The van der Waals surface area contributed by atoms with E-state index in [9.17, 15) is 0 Å². The molecule has 7 heteroatoms. The van der Waals surface area contributed by atoms with Crippen LogP contribution < -0.4 is 0 Å². The van der Waals surface area contributed by atoms with E-state index in [4.69, 9.17) is 15.1 Å². The van der Waals surface area contributed by atoms with E-state index in [2.05, 4.69) is 59.8 Å². The molecular weight excluding hydrogens is 406 g/mol. The Balaban J connectivity index is 1.91. The predicted octanol–water partition coefficient (Wildman–Crippen LogP) is 5.64. The van der Waals surface area contributed by atoms with Crippen LogP contribution >= 0.6 is 11.3 Å². The van der Waals surface area contributed by atoms with Crippen LogP contribution in [0.25, 0.3) is 5.00 Å². The first kappa shape index (κ1) is 21.4. The molecule has 0 saturated carbocycles. The summed E-state index contributed by atoms with van der Waals surface area (Å²) in [5.74, 6) is 1.78. The van der Waals surface area contributed by atoms with Gasteiger partial charge in [-0.2, -0.15) is 0 Å². The van der Waals surface area contributed by atoms with Gasteiger partial charge in [0.15, 0.2) is 11.7 Å².